The number of anilines is 1. The van der Waals surface area contributed by atoms with Crippen LogP contribution in [-0.2, 0) is 4.79 Å². The van der Waals surface area contributed by atoms with Crippen molar-refractivity contribution in [1.82, 2.24) is 10.2 Å². The molecule has 0 saturated heterocycles. The van der Waals surface area contributed by atoms with Gasteiger partial charge < -0.3 is 10.4 Å². The Hall–Kier alpha value is -3.02. The van der Waals surface area contributed by atoms with Crippen molar-refractivity contribution in [2.45, 2.75) is 0 Å². The van der Waals surface area contributed by atoms with Gasteiger partial charge in [-0.1, -0.05) is 12.1 Å². The average Bonchev–Trinajstić information content (AvgIpc) is 2.47. The number of carboxylic acid groups (broad SMARTS) is 1. The van der Waals surface area contributed by atoms with Gasteiger partial charge in [-0.3, -0.25) is 4.79 Å². The van der Waals surface area contributed by atoms with E-state index in [-0.39, 0.29) is 5.91 Å². The van der Waals surface area contributed by atoms with Gasteiger partial charge in [-0.15, -0.1) is 0 Å². The Labute approximate surface area is 114 Å². The van der Waals surface area contributed by atoms with Crippen LogP contribution in [-0.4, -0.2) is 27.2 Å². The topological polar surface area (TPSA) is 92.2 Å². The van der Waals surface area contributed by atoms with Gasteiger partial charge >= 0.3 is 5.97 Å². The van der Waals surface area contributed by atoms with Crippen molar-refractivity contribution in [2.75, 3.05) is 5.32 Å². The summed E-state index contributed by atoms with van der Waals surface area (Å²) in [6.07, 6.45) is 5.34. The van der Waals surface area contributed by atoms with Crippen LogP contribution in [0.1, 0.15) is 15.9 Å². The normalized spacial score (nSPS) is 10.4. The van der Waals surface area contributed by atoms with E-state index >= 15 is 0 Å². The Morgan fingerprint density at radius 1 is 1.10 bits per heavy atom. The molecule has 0 saturated carbocycles. The first-order valence-corrected chi connectivity index (χ1v) is 5.74. The molecule has 0 bridgehead atoms. The van der Waals surface area contributed by atoms with Gasteiger partial charge in [-0.2, -0.15) is 10.2 Å². The average molecular weight is 269 g/mol. The van der Waals surface area contributed by atoms with Gasteiger partial charge in [0.25, 0.3) is 5.91 Å². The number of aromatic nitrogens is 2. The van der Waals surface area contributed by atoms with E-state index in [0.29, 0.717) is 11.3 Å². The molecule has 0 aliphatic rings. The second kappa shape index (κ2) is 6.24. The van der Waals surface area contributed by atoms with Gasteiger partial charge in [0.05, 0.1) is 18.0 Å². The summed E-state index contributed by atoms with van der Waals surface area (Å²) in [5, 5.41) is 18.4. The summed E-state index contributed by atoms with van der Waals surface area (Å²) in [4.78, 5) is 22.2. The Kier molecular flexibility index (Phi) is 4.18. The number of carboxylic acids is 1. The Morgan fingerprint density at radius 3 is 2.45 bits per heavy atom. The first-order valence-electron chi connectivity index (χ1n) is 5.74. The molecule has 0 aliphatic heterocycles. The highest BCUT2D eigenvalue weighted by atomic mass is 16.4. The molecule has 2 aromatic rings. The van der Waals surface area contributed by atoms with E-state index in [1.165, 1.54) is 18.5 Å². The lowest BCUT2D eigenvalue weighted by atomic mass is 10.2. The van der Waals surface area contributed by atoms with Crippen LogP contribution in [0.15, 0.2) is 48.8 Å². The van der Waals surface area contributed by atoms with Crippen LogP contribution >= 0.6 is 0 Å². The largest absolute Gasteiger partial charge is 0.478 e. The van der Waals surface area contributed by atoms with Gasteiger partial charge in [-0.05, 0) is 29.8 Å². The molecular weight excluding hydrogens is 258 g/mol. The van der Waals surface area contributed by atoms with Crippen molar-refractivity contribution in [3.05, 3.63) is 59.9 Å². The maximum absolute atomic E-state index is 11.8. The number of carbonyl (C=O) groups excluding carboxylic acids is 1. The van der Waals surface area contributed by atoms with Crippen LogP contribution in [0.4, 0.5) is 5.69 Å². The fourth-order valence-electron chi connectivity index (χ4n) is 1.47. The molecule has 2 rings (SSSR count). The number of nitrogens with one attached hydrogen (secondary N) is 1. The first kappa shape index (κ1) is 13.4. The highest BCUT2D eigenvalue weighted by molar-refractivity contribution is 6.04. The third-order valence-electron chi connectivity index (χ3n) is 2.43. The van der Waals surface area contributed by atoms with Crippen LogP contribution in [0.25, 0.3) is 6.08 Å². The lowest BCUT2D eigenvalue weighted by molar-refractivity contribution is -0.131. The molecule has 6 nitrogen and oxygen atoms in total. The van der Waals surface area contributed by atoms with Crippen LogP contribution in [0.5, 0.6) is 0 Å². The van der Waals surface area contributed by atoms with Crippen LogP contribution in [0.3, 0.4) is 0 Å². The fraction of sp³-hybridized carbons (Fsp3) is 0. The van der Waals surface area contributed by atoms with Crippen LogP contribution in [0, 0.1) is 0 Å². The highest BCUT2D eigenvalue weighted by Gasteiger charge is 2.05. The van der Waals surface area contributed by atoms with E-state index in [4.69, 9.17) is 5.11 Å². The molecule has 0 unspecified atom stereocenters. The summed E-state index contributed by atoms with van der Waals surface area (Å²) in [6.45, 7) is 0. The Morgan fingerprint density at radius 2 is 1.85 bits per heavy atom. The number of amides is 1. The lowest BCUT2D eigenvalue weighted by Gasteiger charge is -2.04. The fourth-order valence-corrected chi connectivity index (χ4v) is 1.47. The zero-order valence-electron chi connectivity index (χ0n) is 10.4. The van der Waals surface area contributed by atoms with Gasteiger partial charge in [-0.25, -0.2) is 4.79 Å². The predicted molar refractivity (Wildman–Crippen MR) is 73.1 cm³/mol. The van der Waals surface area contributed by atoms with Crippen molar-refractivity contribution in [3.8, 4) is 0 Å². The van der Waals surface area contributed by atoms with E-state index in [0.717, 1.165) is 11.6 Å². The molecule has 1 aromatic carbocycles. The molecule has 0 spiro atoms. The third kappa shape index (κ3) is 3.74. The van der Waals surface area contributed by atoms with E-state index in [1.807, 2.05) is 0 Å². The minimum absolute atomic E-state index is 0.284. The minimum atomic E-state index is -1.01. The summed E-state index contributed by atoms with van der Waals surface area (Å²) in [5.41, 5.74) is 1.75. The third-order valence-corrected chi connectivity index (χ3v) is 2.43. The second-order valence-electron chi connectivity index (χ2n) is 3.88. The molecule has 1 aromatic heterocycles. The monoisotopic (exact) mass is 269 g/mol. The summed E-state index contributed by atoms with van der Waals surface area (Å²) in [7, 11) is 0. The van der Waals surface area contributed by atoms with Crippen molar-refractivity contribution in [3.63, 3.8) is 0 Å². The van der Waals surface area contributed by atoms with Crippen LogP contribution in [0.2, 0.25) is 0 Å². The molecule has 2 N–H and O–H groups in total. The number of nitrogens with zero attached hydrogens (tertiary/aromatic N) is 2. The number of hydrogen-bond donors (Lipinski definition) is 2. The van der Waals surface area contributed by atoms with Crippen molar-refractivity contribution in [1.29, 1.82) is 0 Å². The van der Waals surface area contributed by atoms with Gasteiger partial charge in [0.2, 0.25) is 0 Å². The molecule has 0 fully saturated rings. The van der Waals surface area contributed by atoms with Crippen molar-refractivity contribution >= 4 is 23.6 Å². The number of hydrogen-bond acceptors (Lipinski definition) is 4. The second-order valence-corrected chi connectivity index (χ2v) is 3.88. The molecule has 6 heteroatoms. The quantitative estimate of drug-likeness (QED) is 0.826. The predicted octanol–water partition coefficient (Wildman–Crippen LogP) is 1.83. The minimum Gasteiger partial charge on any atom is -0.478 e. The van der Waals surface area contributed by atoms with Gasteiger partial charge in [0.1, 0.15) is 0 Å². The standard InChI is InChI=1S/C14H11N3O3/c18-13(19)6-3-10-1-4-12(5-2-10)17-14(20)11-7-8-15-16-9-11/h1-9H,(H,17,20)(H,18,19)/b6-3+. The summed E-state index contributed by atoms with van der Waals surface area (Å²) in [5.74, 6) is -1.29. The maximum Gasteiger partial charge on any atom is 0.328 e. The highest BCUT2D eigenvalue weighted by Crippen LogP contribution is 2.12. The summed E-state index contributed by atoms with van der Waals surface area (Å²) in [6, 6.07) is 8.36. The molecule has 1 amide bonds. The smallest absolute Gasteiger partial charge is 0.328 e. The molecular formula is C14H11N3O3. The Bertz CT molecular complexity index is 636. The molecule has 100 valence electrons. The summed E-state index contributed by atoms with van der Waals surface area (Å²) >= 11 is 0. The number of aliphatic carboxylic acids is 1. The molecule has 0 aliphatic carbocycles. The molecule has 0 atom stereocenters. The zero-order valence-corrected chi connectivity index (χ0v) is 10.4. The molecule has 0 radical (unpaired) electrons. The van der Waals surface area contributed by atoms with Crippen molar-refractivity contribution in [2.24, 2.45) is 0 Å². The summed E-state index contributed by atoms with van der Waals surface area (Å²) < 4.78 is 0. The molecule has 1 heterocycles. The number of rotatable bonds is 4. The van der Waals surface area contributed by atoms with Crippen LogP contribution < -0.4 is 5.32 Å². The van der Waals surface area contributed by atoms with E-state index < -0.39 is 5.97 Å². The molecule has 20 heavy (non-hydrogen) atoms. The first-order chi connectivity index (χ1) is 9.65. The SMILES string of the molecule is O=C(O)/C=C/c1ccc(NC(=O)c2ccnnc2)cc1. The maximum atomic E-state index is 11.8. The van der Waals surface area contributed by atoms with Gasteiger partial charge in [0, 0.05) is 11.8 Å². The number of carbonyl (C=O) groups is 2. The van der Waals surface area contributed by atoms with Crippen molar-refractivity contribution < 1.29 is 14.7 Å². The van der Waals surface area contributed by atoms with Gasteiger partial charge in [0.15, 0.2) is 0 Å². The van der Waals surface area contributed by atoms with E-state index in [9.17, 15) is 9.59 Å². The zero-order chi connectivity index (χ0) is 14.4. The van der Waals surface area contributed by atoms with E-state index in [1.54, 1.807) is 30.3 Å². The Balaban J connectivity index is 2.04. The van der Waals surface area contributed by atoms with E-state index in [2.05, 4.69) is 15.5 Å². The number of benzene rings is 1. The lowest BCUT2D eigenvalue weighted by Crippen LogP contribution is -2.12.